The number of thiophene rings is 1. The maximum atomic E-state index is 13.5. The van der Waals surface area contributed by atoms with E-state index in [-0.39, 0.29) is 22.5 Å². The van der Waals surface area contributed by atoms with Gasteiger partial charge in [0, 0.05) is 43.5 Å². The number of carbonyl (C=O) groups excluding carboxylic acids is 2. The summed E-state index contributed by atoms with van der Waals surface area (Å²) in [5.41, 5.74) is 2.22. The number of hydrogen-bond donors (Lipinski definition) is 2. The first kappa shape index (κ1) is 29.4. The van der Waals surface area contributed by atoms with Crippen molar-refractivity contribution in [1.82, 2.24) is 25.0 Å². The first-order valence-electron chi connectivity index (χ1n) is 13.6. The lowest BCUT2D eigenvalue weighted by molar-refractivity contribution is -0.104. The monoisotopic (exact) mass is 597 g/mol. The summed E-state index contributed by atoms with van der Waals surface area (Å²) in [4.78, 5) is 41.2. The average Bonchev–Trinajstić information content (AvgIpc) is 3.58. The molecule has 3 heterocycles. The summed E-state index contributed by atoms with van der Waals surface area (Å²) in [6, 6.07) is 8.71. The molecule has 0 spiro atoms. The first-order valence-corrected chi connectivity index (χ1v) is 14.5. The molecule has 9 nitrogen and oxygen atoms in total. The number of fused-ring (bicyclic) bond motifs is 1. The van der Waals surface area contributed by atoms with E-state index in [0.717, 1.165) is 21.6 Å². The molecular formula is C30H33F2N5O4S. The van der Waals surface area contributed by atoms with Crippen LogP contribution < -0.4 is 10.9 Å². The van der Waals surface area contributed by atoms with Gasteiger partial charge in [-0.25, -0.2) is 13.6 Å². The molecule has 12 heteroatoms. The molecule has 5 rings (SSSR count). The van der Waals surface area contributed by atoms with E-state index in [9.17, 15) is 23.2 Å². The van der Waals surface area contributed by atoms with Gasteiger partial charge in [0.1, 0.15) is 5.60 Å². The molecule has 222 valence electrons. The van der Waals surface area contributed by atoms with Gasteiger partial charge in [0.25, 0.3) is 17.4 Å². The molecule has 1 atom stereocenters. The summed E-state index contributed by atoms with van der Waals surface area (Å²) in [6.07, 6.45) is 1.36. The van der Waals surface area contributed by atoms with Gasteiger partial charge in [-0.05, 0) is 55.8 Å². The van der Waals surface area contributed by atoms with E-state index in [4.69, 9.17) is 4.74 Å². The fourth-order valence-electron chi connectivity index (χ4n) is 4.99. The Balaban J connectivity index is 1.34. The van der Waals surface area contributed by atoms with Crippen LogP contribution in [-0.4, -0.2) is 50.2 Å². The minimum atomic E-state index is -2.81. The summed E-state index contributed by atoms with van der Waals surface area (Å²) in [5, 5.41) is 11.8. The molecular weight excluding hydrogens is 564 g/mol. The maximum absolute atomic E-state index is 13.5. The van der Waals surface area contributed by atoms with Gasteiger partial charge < -0.3 is 19.5 Å². The number of nitrogens with zero attached hydrogens (tertiary/aromatic N) is 3. The number of hydrogen-bond acceptors (Lipinski definition) is 6. The summed E-state index contributed by atoms with van der Waals surface area (Å²) in [7, 11) is 1.69. The van der Waals surface area contributed by atoms with Crippen molar-refractivity contribution in [3.05, 3.63) is 74.5 Å². The van der Waals surface area contributed by atoms with E-state index in [2.05, 4.69) is 15.5 Å². The van der Waals surface area contributed by atoms with Gasteiger partial charge in [0.2, 0.25) is 0 Å². The standard InChI is InChI=1S/C30H33F2N5O4S/c1-17(34-26(38)23-15-37(20-11-30(31,32)12-20)27(39)22-13-33-35-25(22)23)24-10-19(16-42-24)21-9-7-6-8-18(21)14-36(5)28(40)41-29(2,3)4/h6-10,13,15-17,20H,11-12,14H2,1-5H3,(H,33,35)(H,34,38). The van der Waals surface area contributed by atoms with Crippen molar-refractivity contribution in [3.63, 3.8) is 0 Å². The number of aromatic nitrogens is 3. The quantitative estimate of drug-likeness (QED) is 0.261. The van der Waals surface area contributed by atoms with Crippen LogP contribution in [0.5, 0.6) is 0 Å². The smallest absolute Gasteiger partial charge is 0.410 e. The number of H-pyrrole nitrogens is 1. The van der Waals surface area contributed by atoms with Crippen LogP contribution in [0.2, 0.25) is 0 Å². The van der Waals surface area contributed by atoms with Gasteiger partial charge in [-0.2, -0.15) is 5.10 Å². The summed E-state index contributed by atoms with van der Waals surface area (Å²) < 4.78 is 33.8. The van der Waals surface area contributed by atoms with Crippen molar-refractivity contribution < 1.29 is 23.1 Å². The predicted octanol–water partition coefficient (Wildman–Crippen LogP) is 6.28. The van der Waals surface area contributed by atoms with Gasteiger partial charge in [-0.3, -0.25) is 14.7 Å². The van der Waals surface area contributed by atoms with Crippen molar-refractivity contribution >= 4 is 34.2 Å². The van der Waals surface area contributed by atoms with Crippen molar-refractivity contribution in [2.24, 2.45) is 0 Å². The molecule has 4 aromatic rings. The summed E-state index contributed by atoms with van der Waals surface area (Å²) >= 11 is 1.48. The molecule has 0 aliphatic heterocycles. The fraction of sp³-hybridized carbons (Fsp3) is 0.400. The van der Waals surface area contributed by atoms with Crippen molar-refractivity contribution in [2.45, 2.75) is 70.7 Å². The Morgan fingerprint density at radius 2 is 2.00 bits per heavy atom. The molecule has 1 aliphatic rings. The Hall–Kier alpha value is -4.06. The van der Waals surface area contributed by atoms with Crippen LogP contribution in [0, 0.1) is 0 Å². The average molecular weight is 598 g/mol. The minimum Gasteiger partial charge on any atom is -0.444 e. The summed E-state index contributed by atoms with van der Waals surface area (Å²) in [6.45, 7) is 7.67. The van der Waals surface area contributed by atoms with Crippen LogP contribution in [-0.2, 0) is 11.3 Å². The zero-order chi connectivity index (χ0) is 30.4. The lowest BCUT2D eigenvalue weighted by atomic mass is 9.87. The van der Waals surface area contributed by atoms with Crippen LogP contribution >= 0.6 is 11.3 Å². The number of rotatable bonds is 7. The molecule has 0 bridgehead atoms. The third-order valence-electron chi connectivity index (χ3n) is 7.18. The topological polar surface area (TPSA) is 109 Å². The molecule has 1 fully saturated rings. The van der Waals surface area contributed by atoms with Gasteiger partial charge >= 0.3 is 6.09 Å². The second-order valence-corrected chi connectivity index (χ2v) is 12.7. The summed E-state index contributed by atoms with van der Waals surface area (Å²) in [5.74, 6) is -3.27. The Morgan fingerprint density at radius 3 is 2.69 bits per heavy atom. The van der Waals surface area contributed by atoms with E-state index >= 15 is 0 Å². The maximum Gasteiger partial charge on any atom is 0.410 e. The van der Waals surface area contributed by atoms with Crippen LogP contribution in [0.1, 0.15) is 73.4 Å². The molecule has 2 amide bonds. The highest BCUT2D eigenvalue weighted by Gasteiger charge is 2.46. The lowest BCUT2D eigenvalue weighted by Crippen LogP contribution is -2.41. The third-order valence-corrected chi connectivity index (χ3v) is 8.30. The highest BCUT2D eigenvalue weighted by molar-refractivity contribution is 7.10. The predicted molar refractivity (Wildman–Crippen MR) is 157 cm³/mol. The molecule has 1 aliphatic carbocycles. The van der Waals surface area contributed by atoms with E-state index in [0.29, 0.717) is 6.54 Å². The molecule has 1 aromatic carbocycles. The second kappa shape index (κ2) is 11.0. The Morgan fingerprint density at radius 1 is 1.29 bits per heavy atom. The van der Waals surface area contributed by atoms with Gasteiger partial charge in [-0.1, -0.05) is 24.3 Å². The molecule has 1 unspecified atom stereocenters. The van der Waals surface area contributed by atoms with Gasteiger partial charge in [0.05, 0.1) is 28.7 Å². The molecule has 2 N–H and O–H groups in total. The lowest BCUT2D eigenvalue weighted by Gasteiger charge is -2.36. The highest BCUT2D eigenvalue weighted by atomic mass is 32.1. The zero-order valence-electron chi connectivity index (χ0n) is 24.0. The zero-order valence-corrected chi connectivity index (χ0v) is 24.9. The highest BCUT2D eigenvalue weighted by Crippen LogP contribution is 2.45. The number of carbonyl (C=O) groups is 2. The van der Waals surface area contributed by atoms with E-state index < -0.39 is 48.0 Å². The van der Waals surface area contributed by atoms with Crippen molar-refractivity contribution in [1.29, 1.82) is 0 Å². The molecule has 0 radical (unpaired) electrons. The molecule has 1 saturated carbocycles. The number of amides is 2. The third kappa shape index (κ3) is 6.08. The van der Waals surface area contributed by atoms with Crippen LogP contribution in [0.15, 0.2) is 52.9 Å². The van der Waals surface area contributed by atoms with Crippen LogP contribution in [0.4, 0.5) is 13.6 Å². The molecule has 42 heavy (non-hydrogen) atoms. The molecule has 0 saturated heterocycles. The Bertz CT molecular complexity index is 1700. The Kier molecular flexibility index (Phi) is 7.69. The van der Waals surface area contributed by atoms with Crippen molar-refractivity contribution in [3.8, 4) is 11.1 Å². The number of nitrogens with one attached hydrogen (secondary N) is 2. The normalized spacial score (nSPS) is 15.7. The molecule has 3 aromatic heterocycles. The SMILES string of the molecule is CC(NC(=O)c1cn(C2CC(F)(F)C2)c(=O)c2cn[nH]c12)c1cc(-c2ccccc2CN(C)C(=O)OC(C)(C)C)cs1. The van der Waals surface area contributed by atoms with Crippen molar-refractivity contribution in [2.75, 3.05) is 7.05 Å². The number of halogens is 2. The Labute approximate surface area is 245 Å². The van der Waals surface area contributed by atoms with E-state index in [1.54, 1.807) is 7.05 Å². The number of benzene rings is 1. The first-order chi connectivity index (χ1) is 19.7. The van der Waals surface area contributed by atoms with E-state index in [1.807, 2.05) is 63.4 Å². The number of aromatic amines is 1. The number of ether oxygens (including phenoxy) is 1. The second-order valence-electron chi connectivity index (χ2n) is 11.8. The minimum absolute atomic E-state index is 0.163. The van der Waals surface area contributed by atoms with E-state index in [1.165, 1.54) is 33.2 Å². The largest absolute Gasteiger partial charge is 0.444 e. The van der Waals surface area contributed by atoms with Crippen LogP contribution in [0.25, 0.3) is 22.0 Å². The fourth-order valence-corrected chi connectivity index (χ4v) is 5.91. The number of pyridine rings is 1. The van der Waals surface area contributed by atoms with Gasteiger partial charge in [0.15, 0.2) is 0 Å². The number of alkyl halides is 2. The van der Waals surface area contributed by atoms with Gasteiger partial charge in [-0.15, -0.1) is 11.3 Å². The van der Waals surface area contributed by atoms with Crippen LogP contribution in [0.3, 0.4) is 0 Å².